The highest BCUT2D eigenvalue weighted by atomic mass is 16.9. The number of benzene rings is 2. The lowest BCUT2D eigenvalue weighted by atomic mass is 9.76. The lowest BCUT2D eigenvalue weighted by molar-refractivity contribution is -0.484. The van der Waals surface area contributed by atoms with E-state index in [1.807, 2.05) is 48.5 Å². The summed E-state index contributed by atoms with van der Waals surface area (Å²) in [6, 6.07) is 15.4. The van der Waals surface area contributed by atoms with Gasteiger partial charge in [-0.25, -0.2) is 0 Å². The molecule has 6 rings (SSSR count). The summed E-state index contributed by atoms with van der Waals surface area (Å²) < 4.78 is 40.7. The highest BCUT2D eigenvalue weighted by Gasteiger charge is 2.62. The van der Waals surface area contributed by atoms with E-state index in [-0.39, 0.29) is 43.0 Å². The Morgan fingerprint density at radius 2 is 1.12 bits per heavy atom. The van der Waals surface area contributed by atoms with Gasteiger partial charge in [-0.3, -0.25) is 0 Å². The fourth-order valence-electron chi connectivity index (χ4n) is 4.64. The molecule has 0 amide bonds. The van der Waals surface area contributed by atoms with Gasteiger partial charge in [0, 0.05) is 5.92 Å². The monoisotopic (exact) mass is 444 g/mol. The molecule has 1 N–H and O–H groups in total. The van der Waals surface area contributed by atoms with Crippen molar-refractivity contribution in [2.45, 2.75) is 50.2 Å². The third kappa shape index (κ3) is 4.10. The van der Waals surface area contributed by atoms with E-state index in [9.17, 15) is 5.11 Å². The second kappa shape index (κ2) is 9.35. The van der Waals surface area contributed by atoms with Crippen molar-refractivity contribution in [1.29, 1.82) is 0 Å². The highest BCUT2D eigenvalue weighted by Crippen LogP contribution is 2.45. The van der Waals surface area contributed by atoms with Gasteiger partial charge in [0.2, 0.25) is 0 Å². The Labute approximate surface area is 186 Å². The quantitative estimate of drug-likeness (QED) is 0.631. The maximum atomic E-state index is 10.1. The summed E-state index contributed by atoms with van der Waals surface area (Å²) in [6.45, 7) is -0.0685. The summed E-state index contributed by atoms with van der Waals surface area (Å²) in [5.74, 6) is 1.33. The van der Waals surface area contributed by atoms with Crippen molar-refractivity contribution >= 4 is 0 Å². The largest absolute Gasteiger partial charge is 0.497 e. The van der Waals surface area contributed by atoms with Crippen LogP contribution in [0.4, 0.5) is 0 Å². The van der Waals surface area contributed by atoms with Gasteiger partial charge >= 0.3 is 0 Å². The smallest absolute Gasteiger partial charge is 0.272 e. The van der Waals surface area contributed by atoms with Gasteiger partial charge < -0.3 is 38.3 Å². The third-order valence-electron chi connectivity index (χ3n) is 6.36. The van der Waals surface area contributed by atoms with Gasteiger partial charge in [-0.1, -0.05) is 24.3 Å². The molecule has 3 heterocycles. The second-order valence-electron chi connectivity index (χ2n) is 8.18. The first kappa shape index (κ1) is 21.6. The minimum Gasteiger partial charge on any atom is -0.497 e. The van der Waals surface area contributed by atoms with Crippen LogP contribution in [0.2, 0.25) is 0 Å². The normalized spacial score (nSPS) is 32.8. The highest BCUT2D eigenvalue weighted by molar-refractivity contribution is 5.27. The molecule has 0 spiro atoms. The van der Waals surface area contributed by atoms with Crippen molar-refractivity contribution in [2.24, 2.45) is 5.92 Å². The summed E-state index contributed by atoms with van der Waals surface area (Å²) in [5.41, 5.74) is 2.01. The average Bonchev–Trinajstić information content (AvgIpc) is 2.84. The molecule has 1 aliphatic carbocycles. The van der Waals surface area contributed by atoms with Crippen molar-refractivity contribution in [3.63, 3.8) is 0 Å². The number of ether oxygens (including phenoxy) is 7. The summed E-state index contributed by atoms with van der Waals surface area (Å²) in [7, 11) is 3.27. The van der Waals surface area contributed by atoms with Crippen LogP contribution in [0, 0.1) is 5.92 Å². The van der Waals surface area contributed by atoms with E-state index in [1.165, 1.54) is 0 Å². The molecule has 0 aromatic heterocycles. The summed E-state index contributed by atoms with van der Waals surface area (Å²) in [4.78, 5) is 0. The Bertz CT molecular complexity index is 816. The minimum atomic E-state index is -0.750. The third-order valence-corrected chi connectivity index (χ3v) is 6.36. The van der Waals surface area contributed by atoms with Crippen LogP contribution in [0.15, 0.2) is 48.5 Å². The van der Waals surface area contributed by atoms with Crippen LogP contribution in [0.1, 0.15) is 11.1 Å². The van der Waals surface area contributed by atoms with Crippen LogP contribution in [-0.2, 0) is 36.9 Å². The van der Waals surface area contributed by atoms with Crippen molar-refractivity contribution in [3.05, 3.63) is 59.7 Å². The Morgan fingerprint density at radius 3 is 1.53 bits per heavy atom. The molecule has 0 radical (unpaired) electrons. The van der Waals surface area contributed by atoms with E-state index in [1.54, 1.807) is 14.2 Å². The van der Waals surface area contributed by atoms with Crippen LogP contribution in [0.5, 0.6) is 11.5 Å². The van der Waals surface area contributed by atoms with Gasteiger partial charge in [0.15, 0.2) is 0 Å². The zero-order valence-corrected chi connectivity index (χ0v) is 18.1. The number of aliphatic hydroxyl groups excluding tert-OH is 1. The fraction of sp³-hybridized carbons (Fsp3) is 0.500. The molecule has 8 nitrogen and oxygen atoms in total. The van der Waals surface area contributed by atoms with Crippen LogP contribution >= 0.6 is 0 Å². The van der Waals surface area contributed by atoms with Crippen molar-refractivity contribution in [3.8, 4) is 11.5 Å². The maximum absolute atomic E-state index is 10.1. The molecule has 3 saturated heterocycles. The molecular formula is C24H28O8. The SMILES string of the molecule is COc1ccc(CO[C@@H]2C3OC4O[C@@H]2C(CO)[C@H](O4)[C@H]3OCc2ccc(OC)cc2)cc1. The molecule has 1 saturated carbocycles. The molecular weight excluding hydrogens is 416 g/mol. The summed E-state index contributed by atoms with van der Waals surface area (Å²) in [6.07, 6.45) is -1.75. The number of hydrogen-bond acceptors (Lipinski definition) is 8. The molecule has 8 heteroatoms. The fourth-order valence-corrected chi connectivity index (χ4v) is 4.64. The minimum absolute atomic E-state index is 0.0838. The average molecular weight is 444 g/mol. The van der Waals surface area contributed by atoms with Crippen LogP contribution in [0.25, 0.3) is 0 Å². The molecule has 2 aromatic rings. The molecule has 4 fully saturated rings. The van der Waals surface area contributed by atoms with E-state index < -0.39 is 6.48 Å². The number of hydrogen-bond donors (Lipinski definition) is 1. The van der Waals surface area contributed by atoms with E-state index in [0.29, 0.717) is 13.2 Å². The molecule has 3 aliphatic heterocycles. The van der Waals surface area contributed by atoms with Gasteiger partial charge in [-0.2, -0.15) is 0 Å². The number of rotatable bonds is 9. The van der Waals surface area contributed by atoms with Crippen molar-refractivity contribution in [1.82, 2.24) is 0 Å². The molecule has 32 heavy (non-hydrogen) atoms. The first-order valence-electron chi connectivity index (χ1n) is 10.8. The predicted octanol–water partition coefficient (Wildman–Crippen LogP) is 2.26. The molecule has 4 bridgehead atoms. The molecule has 2 aromatic carbocycles. The van der Waals surface area contributed by atoms with Crippen LogP contribution < -0.4 is 9.47 Å². The lowest BCUT2D eigenvalue weighted by Gasteiger charge is -2.58. The second-order valence-corrected chi connectivity index (χ2v) is 8.18. The Hall–Kier alpha value is -2.20. The molecule has 172 valence electrons. The molecule has 7 atom stereocenters. The summed E-state index contributed by atoms with van der Waals surface area (Å²) >= 11 is 0. The van der Waals surface area contributed by atoms with Gasteiger partial charge in [0.25, 0.3) is 6.48 Å². The van der Waals surface area contributed by atoms with Gasteiger partial charge in [-0.15, -0.1) is 0 Å². The number of methoxy groups -OCH3 is 2. The van der Waals surface area contributed by atoms with Crippen molar-refractivity contribution < 1.29 is 38.3 Å². The number of aliphatic hydroxyl groups is 1. The van der Waals surface area contributed by atoms with Gasteiger partial charge in [0.1, 0.15) is 29.8 Å². The topological polar surface area (TPSA) is 84.8 Å². The van der Waals surface area contributed by atoms with E-state index in [0.717, 1.165) is 22.6 Å². The molecule has 4 aliphatic rings. The lowest BCUT2D eigenvalue weighted by Crippen LogP contribution is -2.74. The standard InChI is InChI=1S/C24H28O8/c1-26-16-7-3-14(4-8-16)12-28-21-19-18(11-25)20-22(23(21)32-24(30-19)31-20)29-13-15-5-9-17(27-2)10-6-15/h3-10,18-25H,11-13H2,1-2H3/t18?,19-,20+,21+,22-,23?,24?. The van der Waals surface area contributed by atoms with E-state index in [2.05, 4.69) is 0 Å². The van der Waals surface area contributed by atoms with Crippen LogP contribution in [-0.4, -0.2) is 62.9 Å². The zero-order chi connectivity index (χ0) is 22.1. The van der Waals surface area contributed by atoms with Crippen LogP contribution in [0.3, 0.4) is 0 Å². The Kier molecular flexibility index (Phi) is 6.32. The zero-order valence-electron chi connectivity index (χ0n) is 18.1. The first-order valence-corrected chi connectivity index (χ1v) is 10.8. The van der Waals surface area contributed by atoms with Gasteiger partial charge in [-0.05, 0) is 35.4 Å². The maximum Gasteiger partial charge on any atom is 0.272 e. The van der Waals surface area contributed by atoms with Gasteiger partial charge in [0.05, 0.1) is 46.2 Å². The predicted molar refractivity (Wildman–Crippen MR) is 112 cm³/mol. The van der Waals surface area contributed by atoms with E-state index >= 15 is 0 Å². The van der Waals surface area contributed by atoms with E-state index in [4.69, 9.17) is 33.2 Å². The Balaban J connectivity index is 1.29. The van der Waals surface area contributed by atoms with Crippen molar-refractivity contribution in [2.75, 3.05) is 20.8 Å². The summed E-state index contributed by atoms with van der Waals surface area (Å²) in [5, 5.41) is 10.1. The molecule has 3 unspecified atom stereocenters. The first-order chi connectivity index (χ1) is 15.7. The Morgan fingerprint density at radius 1 is 0.688 bits per heavy atom.